The van der Waals surface area contributed by atoms with Crippen LogP contribution in [0.1, 0.15) is 6.92 Å². The average molecular weight is 178 g/mol. The summed E-state index contributed by atoms with van der Waals surface area (Å²) in [6, 6.07) is 0. The van der Waals surface area contributed by atoms with E-state index < -0.39 is 6.10 Å². The third kappa shape index (κ3) is 7.64. The van der Waals surface area contributed by atoms with Gasteiger partial charge < -0.3 is 15.6 Å². The van der Waals surface area contributed by atoms with Gasteiger partial charge in [-0.05, 0) is 6.92 Å². The average Bonchev–Trinajstić information content (AvgIpc) is 1.97. The van der Waals surface area contributed by atoms with Crippen molar-refractivity contribution in [1.29, 1.82) is 5.41 Å². The first-order chi connectivity index (χ1) is 5.16. The van der Waals surface area contributed by atoms with E-state index in [0.29, 0.717) is 19.0 Å². The third-order valence-corrected chi connectivity index (χ3v) is 1.81. The lowest BCUT2D eigenvalue weighted by Gasteiger charge is -2.08. The van der Waals surface area contributed by atoms with Crippen molar-refractivity contribution in [1.82, 2.24) is 0 Å². The number of hydrogen-bond donors (Lipinski definition) is 3. The van der Waals surface area contributed by atoms with Crippen LogP contribution in [0, 0.1) is 5.41 Å². The fourth-order valence-corrected chi connectivity index (χ4v) is 0.956. The van der Waals surface area contributed by atoms with E-state index in [0.717, 1.165) is 11.8 Å². The number of ether oxygens (including phenoxy) is 1. The Morgan fingerprint density at radius 3 is 2.91 bits per heavy atom. The maximum absolute atomic E-state index is 9.13. The van der Waals surface area contributed by atoms with Crippen molar-refractivity contribution in [3.8, 4) is 0 Å². The number of thioether (sulfide) groups is 1. The van der Waals surface area contributed by atoms with Gasteiger partial charge >= 0.3 is 0 Å². The fourth-order valence-electron chi connectivity index (χ4n) is 0.488. The fraction of sp³-hybridized carbons (Fsp3) is 0.833. The molecule has 0 heterocycles. The van der Waals surface area contributed by atoms with Gasteiger partial charge in [-0.2, -0.15) is 0 Å². The molecule has 0 aliphatic heterocycles. The summed E-state index contributed by atoms with van der Waals surface area (Å²) in [4.78, 5) is 0. The quantitative estimate of drug-likeness (QED) is 0.409. The Kier molecular flexibility index (Phi) is 6.30. The van der Waals surface area contributed by atoms with Crippen LogP contribution < -0.4 is 5.73 Å². The lowest BCUT2D eigenvalue weighted by molar-refractivity contribution is 0.0552. The predicted molar refractivity (Wildman–Crippen MR) is 46.9 cm³/mol. The van der Waals surface area contributed by atoms with Gasteiger partial charge in [-0.1, -0.05) is 11.8 Å². The maximum atomic E-state index is 9.13. The molecule has 0 aromatic rings. The molecule has 5 heteroatoms. The third-order valence-electron chi connectivity index (χ3n) is 0.946. The molecule has 0 saturated heterocycles. The smallest absolute Gasteiger partial charge is 0.151 e. The highest BCUT2D eigenvalue weighted by Crippen LogP contribution is 2.01. The predicted octanol–water partition coefficient (Wildman–Crippen LogP) is 0.0105. The van der Waals surface area contributed by atoms with Crippen LogP contribution in [0.4, 0.5) is 0 Å². The van der Waals surface area contributed by atoms with Crippen molar-refractivity contribution in [3.05, 3.63) is 0 Å². The topological polar surface area (TPSA) is 79.3 Å². The summed E-state index contributed by atoms with van der Waals surface area (Å²) in [6.07, 6.45) is -0.524. The molecule has 0 aromatic heterocycles. The molecule has 11 heavy (non-hydrogen) atoms. The maximum Gasteiger partial charge on any atom is 0.151 e. The van der Waals surface area contributed by atoms with Crippen LogP contribution in [0.2, 0.25) is 0 Å². The van der Waals surface area contributed by atoms with Gasteiger partial charge in [-0.25, -0.2) is 0 Å². The molecule has 0 radical (unpaired) electrons. The summed E-state index contributed by atoms with van der Waals surface area (Å²) in [5.74, 6) is 0.426. The van der Waals surface area contributed by atoms with E-state index in [9.17, 15) is 0 Å². The van der Waals surface area contributed by atoms with Crippen molar-refractivity contribution in [2.24, 2.45) is 5.73 Å². The first kappa shape index (κ1) is 10.7. The standard InChI is InChI=1S/C6H14N2O2S/c1-2-10-3-5(9)4-11-6(7)8/h5,9H,2-4H2,1H3,(H3,7,8)/t5-/m0/s1. The highest BCUT2D eigenvalue weighted by Gasteiger charge is 2.04. The number of hydrogen-bond acceptors (Lipinski definition) is 4. The number of amidine groups is 1. The zero-order chi connectivity index (χ0) is 8.69. The largest absolute Gasteiger partial charge is 0.390 e. The van der Waals surface area contributed by atoms with Crippen LogP contribution >= 0.6 is 11.8 Å². The molecule has 0 rings (SSSR count). The molecule has 0 amide bonds. The van der Waals surface area contributed by atoms with Crippen LogP contribution in [0.25, 0.3) is 0 Å². The van der Waals surface area contributed by atoms with E-state index in [1.807, 2.05) is 6.92 Å². The number of aliphatic hydroxyl groups excluding tert-OH is 1. The lowest BCUT2D eigenvalue weighted by Crippen LogP contribution is -2.20. The van der Waals surface area contributed by atoms with Gasteiger partial charge in [0.15, 0.2) is 5.17 Å². The van der Waals surface area contributed by atoms with Gasteiger partial charge in [-0.3, -0.25) is 5.41 Å². The second kappa shape index (κ2) is 6.45. The molecule has 1 atom stereocenters. The first-order valence-corrected chi connectivity index (χ1v) is 4.38. The van der Waals surface area contributed by atoms with E-state index in [1.54, 1.807) is 0 Å². The number of aliphatic hydroxyl groups is 1. The molecule has 0 aliphatic rings. The zero-order valence-corrected chi connectivity index (χ0v) is 7.36. The number of rotatable bonds is 5. The summed E-state index contributed by atoms with van der Waals surface area (Å²) in [5, 5.41) is 16.0. The molecule has 4 N–H and O–H groups in total. The van der Waals surface area contributed by atoms with Crippen molar-refractivity contribution in [3.63, 3.8) is 0 Å². The Bertz CT molecular complexity index is 121. The highest BCUT2D eigenvalue weighted by molar-refractivity contribution is 8.13. The molecule has 0 aliphatic carbocycles. The summed E-state index contributed by atoms with van der Waals surface area (Å²) < 4.78 is 4.95. The lowest BCUT2D eigenvalue weighted by atomic mass is 10.4. The summed E-state index contributed by atoms with van der Waals surface area (Å²) in [7, 11) is 0. The van der Waals surface area contributed by atoms with Crippen LogP contribution in [0.15, 0.2) is 0 Å². The normalized spacial score (nSPS) is 12.9. The summed E-state index contributed by atoms with van der Waals surface area (Å²) in [5.41, 5.74) is 5.06. The Morgan fingerprint density at radius 2 is 2.45 bits per heavy atom. The minimum absolute atomic E-state index is 0.0283. The van der Waals surface area contributed by atoms with Gasteiger partial charge in [-0.15, -0.1) is 0 Å². The van der Waals surface area contributed by atoms with Crippen LogP contribution in [0.5, 0.6) is 0 Å². The van der Waals surface area contributed by atoms with E-state index in [-0.39, 0.29) is 5.17 Å². The zero-order valence-electron chi connectivity index (χ0n) is 6.54. The van der Waals surface area contributed by atoms with Gasteiger partial charge in [0.05, 0.1) is 12.7 Å². The van der Waals surface area contributed by atoms with E-state index in [2.05, 4.69) is 0 Å². The van der Waals surface area contributed by atoms with Gasteiger partial charge in [0.2, 0.25) is 0 Å². The van der Waals surface area contributed by atoms with Crippen molar-refractivity contribution in [2.75, 3.05) is 19.0 Å². The first-order valence-electron chi connectivity index (χ1n) is 3.39. The Hall–Kier alpha value is -0.260. The Labute approximate surface area is 70.6 Å². The molecule has 0 fully saturated rings. The van der Waals surface area contributed by atoms with Crippen LogP contribution in [-0.2, 0) is 4.74 Å². The molecule has 66 valence electrons. The summed E-state index contributed by atoms with van der Waals surface area (Å²) in [6.45, 7) is 2.78. The molecule has 4 nitrogen and oxygen atoms in total. The van der Waals surface area contributed by atoms with Crippen molar-refractivity contribution >= 4 is 16.9 Å². The van der Waals surface area contributed by atoms with Crippen molar-refractivity contribution < 1.29 is 9.84 Å². The van der Waals surface area contributed by atoms with E-state index >= 15 is 0 Å². The molecular weight excluding hydrogens is 164 g/mol. The molecule has 0 bridgehead atoms. The molecule has 0 saturated carbocycles. The number of nitrogens with two attached hydrogens (primary N) is 1. The molecule has 0 spiro atoms. The molecule has 0 aromatic carbocycles. The second-order valence-electron chi connectivity index (χ2n) is 1.99. The summed E-state index contributed by atoms with van der Waals surface area (Å²) >= 11 is 1.12. The van der Waals surface area contributed by atoms with Crippen LogP contribution in [0.3, 0.4) is 0 Å². The Morgan fingerprint density at radius 1 is 1.82 bits per heavy atom. The molecule has 0 unspecified atom stereocenters. The van der Waals surface area contributed by atoms with Gasteiger partial charge in [0.1, 0.15) is 0 Å². The highest BCUT2D eigenvalue weighted by atomic mass is 32.2. The van der Waals surface area contributed by atoms with Gasteiger partial charge in [0.25, 0.3) is 0 Å². The van der Waals surface area contributed by atoms with Crippen LogP contribution in [-0.4, -0.2) is 35.3 Å². The monoisotopic (exact) mass is 178 g/mol. The minimum Gasteiger partial charge on any atom is -0.390 e. The van der Waals surface area contributed by atoms with Crippen molar-refractivity contribution in [2.45, 2.75) is 13.0 Å². The Balaban J connectivity index is 3.22. The SMILES string of the molecule is CCOC[C@H](O)CSC(=N)N. The van der Waals surface area contributed by atoms with Gasteiger partial charge in [0, 0.05) is 12.4 Å². The second-order valence-corrected chi connectivity index (χ2v) is 3.05. The minimum atomic E-state index is -0.524. The van der Waals surface area contributed by atoms with E-state index in [4.69, 9.17) is 21.0 Å². The number of nitrogens with one attached hydrogen (secondary N) is 1. The molecular formula is C6H14N2O2S. The van der Waals surface area contributed by atoms with E-state index in [1.165, 1.54) is 0 Å².